The number of rotatable bonds is 6. The number of hydrogen-bond acceptors (Lipinski definition) is 3. The van der Waals surface area contributed by atoms with E-state index >= 15 is 0 Å². The van der Waals surface area contributed by atoms with Crippen LogP contribution in [0.5, 0.6) is 0 Å². The molecule has 3 rings (SSSR count). The summed E-state index contributed by atoms with van der Waals surface area (Å²) in [5.74, 6) is 0.640. The van der Waals surface area contributed by atoms with Gasteiger partial charge in [0.05, 0.1) is 0 Å². The minimum Gasteiger partial charge on any atom is -0.458 e. The zero-order valence-electron chi connectivity index (χ0n) is 19.5. The predicted octanol–water partition coefficient (Wildman–Crippen LogP) is 7.57. The lowest BCUT2D eigenvalue weighted by Crippen LogP contribution is -2.15. The standard InChI is InChI=1S/C27H31O3P/c1-17-8-10-22(19(3)14-17)25(28)31(26(29)23-11-9-18(2)15-20(23)4)30-24-12-13-27(6,7)16-21(24)5/h8-15H,16H2,1-7H3. The van der Waals surface area contributed by atoms with Gasteiger partial charge in [0.1, 0.15) is 5.76 Å². The fourth-order valence-corrected chi connectivity index (χ4v) is 5.68. The average molecular weight is 435 g/mol. The first kappa shape index (κ1) is 23.2. The molecule has 0 aromatic heterocycles. The van der Waals surface area contributed by atoms with Crippen molar-refractivity contribution in [1.82, 2.24) is 0 Å². The Kier molecular flexibility index (Phi) is 6.67. The number of aryl methyl sites for hydroxylation is 4. The third-order valence-corrected chi connectivity index (χ3v) is 7.21. The molecule has 2 aromatic rings. The van der Waals surface area contributed by atoms with Crippen LogP contribution in [-0.2, 0) is 4.52 Å². The molecule has 1 aliphatic carbocycles. The summed E-state index contributed by atoms with van der Waals surface area (Å²) in [6, 6.07) is 11.4. The van der Waals surface area contributed by atoms with Gasteiger partial charge in [-0.2, -0.15) is 0 Å². The molecule has 0 saturated heterocycles. The Hall–Kier alpha value is -2.51. The lowest BCUT2D eigenvalue weighted by Gasteiger charge is -2.28. The summed E-state index contributed by atoms with van der Waals surface area (Å²) in [6.45, 7) is 14.1. The Morgan fingerprint density at radius 3 is 1.74 bits per heavy atom. The first-order valence-electron chi connectivity index (χ1n) is 10.6. The van der Waals surface area contributed by atoms with Crippen LogP contribution in [0.1, 0.15) is 70.2 Å². The largest absolute Gasteiger partial charge is 0.458 e. The van der Waals surface area contributed by atoms with Gasteiger partial charge in [-0.1, -0.05) is 67.4 Å². The summed E-state index contributed by atoms with van der Waals surface area (Å²) >= 11 is 0. The van der Waals surface area contributed by atoms with E-state index in [1.165, 1.54) is 0 Å². The topological polar surface area (TPSA) is 43.4 Å². The molecule has 0 radical (unpaired) electrons. The Morgan fingerprint density at radius 2 is 1.32 bits per heavy atom. The van der Waals surface area contributed by atoms with Crippen LogP contribution in [0.3, 0.4) is 0 Å². The van der Waals surface area contributed by atoms with E-state index in [0.29, 0.717) is 16.9 Å². The SMILES string of the molecule is CC1=C(OP(C(=O)c2ccc(C)cc2C)C(=O)c2ccc(C)cc2C)C=CC(C)(C)C1. The summed E-state index contributed by atoms with van der Waals surface area (Å²) in [4.78, 5) is 27.2. The monoisotopic (exact) mass is 434 g/mol. The molecule has 0 spiro atoms. The van der Waals surface area contributed by atoms with Crippen LogP contribution in [0.4, 0.5) is 0 Å². The number of allylic oxidation sites excluding steroid dienone is 3. The zero-order valence-corrected chi connectivity index (χ0v) is 20.4. The van der Waals surface area contributed by atoms with Crippen molar-refractivity contribution in [1.29, 1.82) is 0 Å². The van der Waals surface area contributed by atoms with E-state index in [2.05, 4.69) is 19.9 Å². The van der Waals surface area contributed by atoms with E-state index in [0.717, 1.165) is 34.2 Å². The summed E-state index contributed by atoms with van der Waals surface area (Å²) < 4.78 is 6.26. The highest BCUT2D eigenvalue weighted by molar-refractivity contribution is 7.86. The van der Waals surface area contributed by atoms with Gasteiger partial charge in [-0.25, -0.2) is 0 Å². The molecule has 2 aromatic carbocycles. The molecular formula is C27H31O3P. The molecule has 0 fully saturated rings. The van der Waals surface area contributed by atoms with Crippen LogP contribution in [0, 0.1) is 33.1 Å². The Bertz CT molecular complexity index is 1040. The maximum atomic E-state index is 13.6. The van der Waals surface area contributed by atoms with Gasteiger partial charge in [0.2, 0.25) is 19.2 Å². The Labute approximate surface area is 187 Å². The molecule has 162 valence electrons. The van der Waals surface area contributed by atoms with Crippen molar-refractivity contribution in [3.63, 3.8) is 0 Å². The maximum Gasteiger partial charge on any atom is 0.234 e. The van der Waals surface area contributed by atoms with E-state index in [1.807, 2.05) is 77.1 Å². The number of hydrogen-bond donors (Lipinski definition) is 0. The lowest BCUT2D eigenvalue weighted by molar-refractivity contribution is 0.103. The van der Waals surface area contributed by atoms with Gasteiger partial charge in [0, 0.05) is 11.1 Å². The second kappa shape index (κ2) is 8.93. The van der Waals surface area contributed by atoms with Crippen LogP contribution in [0.25, 0.3) is 0 Å². The van der Waals surface area contributed by atoms with Crippen molar-refractivity contribution < 1.29 is 14.1 Å². The summed E-state index contributed by atoms with van der Waals surface area (Å²) in [5, 5.41) is 0. The smallest absolute Gasteiger partial charge is 0.234 e. The Morgan fingerprint density at radius 1 is 0.839 bits per heavy atom. The second-order valence-electron chi connectivity index (χ2n) is 9.28. The number of benzene rings is 2. The van der Waals surface area contributed by atoms with Gasteiger partial charge in [0.15, 0.2) is 0 Å². The van der Waals surface area contributed by atoms with Gasteiger partial charge in [-0.05, 0) is 69.2 Å². The molecule has 0 amide bonds. The molecule has 0 unspecified atom stereocenters. The molecule has 3 nitrogen and oxygen atoms in total. The van der Waals surface area contributed by atoms with E-state index in [4.69, 9.17) is 4.52 Å². The highest BCUT2D eigenvalue weighted by atomic mass is 31.1. The third-order valence-electron chi connectivity index (χ3n) is 5.61. The predicted molar refractivity (Wildman–Crippen MR) is 129 cm³/mol. The minimum absolute atomic E-state index is 0.0365. The van der Waals surface area contributed by atoms with Crippen molar-refractivity contribution in [2.75, 3.05) is 0 Å². The third kappa shape index (κ3) is 5.22. The van der Waals surface area contributed by atoms with Crippen LogP contribution in [0.2, 0.25) is 0 Å². The van der Waals surface area contributed by atoms with E-state index in [1.54, 1.807) is 0 Å². The highest BCUT2D eigenvalue weighted by Gasteiger charge is 2.35. The highest BCUT2D eigenvalue weighted by Crippen LogP contribution is 2.49. The average Bonchev–Trinajstić information content (AvgIpc) is 2.66. The molecule has 4 heteroatoms. The van der Waals surface area contributed by atoms with E-state index < -0.39 is 8.15 Å². The number of carbonyl (C=O) groups is 2. The van der Waals surface area contributed by atoms with E-state index in [-0.39, 0.29) is 16.5 Å². The maximum absolute atomic E-state index is 13.6. The van der Waals surface area contributed by atoms with Crippen molar-refractivity contribution >= 4 is 19.2 Å². The minimum atomic E-state index is -2.05. The molecule has 0 aliphatic heterocycles. The molecule has 0 atom stereocenters. The first-order valence-corrected chi connectivity index (χ1v) is 11.8. The van der Waals surface area contributed by atoms with Gasteiger partial charge in [-0.15, -0.1) is 0 Å². The number of carbonyl (C=O) groups excluding carboxylic acids is 2. The van der Waals surface area contributed by atoms with Crippen LogP contribution >= 0.6 is 8.15 Å². The van der Waals surface area contributed by atoms with Gasteiger partial charge in [-0.3, -0.25) is 9.59 Å². The van der Waals surface area contributed by atoms with Crippen molar-refractivity contribution in [3.05, 3.63) is 93.3 Å². The molecule has 0 bridgehead atoms. The zero-order chi connectivity index (χ0) is 22.9. The van der Waals surface area contributed by atoms with Crippen LogP contribution in [-0.4, -0.2) is 11.0 Å². The molecule has 0 heterocycles. The molecule has 31 heavy (non-hydrogen) atoms. The summed E-state index contributed by atoms with van der Waals surface area (Å²) in [7, 11) is -2.05. The second-order valence-corrected chi connectivity index (χ2v) is 10.9. The van der Waals surface area contributed by atoms with E-state index in [9.17, 15) is 9.59 Å². The fourth-order valence-electron chi connectivity index (χ4n) is 3.98. The van der Waals surface area contributed by atoms with Gasteiger partial charge < -0.3 is 4.52 Å². The quantitative estimate of drug-likeness (QED) is 0.440. The van der Waals surface area contributed by atoms with Crippen molar-refractivity contribution in [2.24, 2.45) is 5.41 Å². The normalized spacial score (nSPS) is 15.4. The van der Waals surface area contributed by atoms with Crippen molar-refractivity contribution in [3.8, 4) is 0 Å². The van der Waals surface area contributed by atoms with Crippen molar-refractivity contribution in [2.45, 2.75) is 54.9 Å². The first-order chi connectivity index (χ1) is 14.5. The van der Waals surface area contributed by atoms with Gasteiger partial charge >= 0.3 is 0 Å². The lowest BCUT2D eigenvalue weighted by atomic mass is 9.82. The Balaban J connectivity index is 2.04. The molecule has 0 saturated carbocycles. The molecule has 0 N–H and O–H groups in total. The summed E-state index contributed by atoms with van der Waals surface area (Å²) in [6.07, 6.45) is 4.84. The molecular weight excluding hydrogens is 403 g/mol. The van der Waals surface area contributed by atoms with Gasteiger partial charge in [0.25, 0.3) is 0 Å². The fraction of sp³-hybridized carbons (Fsp3) is 0.333. The van der Waals surface area contributed by atoms with Crippen LogP contribution in [0.15, 0.2) is 59.9 Å². The summed E-state index contributed by atoms with van der Waals surface area (Å²) in [5.41, 5.74) is 5.60. The molecule has 1 aliphatic rings. The van der Waals surface area contributed by atoms with Crippen LogP contribution < -0.4 is 0 Å².